The lowest BCUT2D eigenvalue weighted by Crippen LogP contribution is -2.56. The highest BCUT2D eigenvalue weighted by Crippen LogP contribution is 2.70. The van der Waals surface area contributed by atoms with E-state index in [4.69, 9.17) is 0 Å². The van der Waals surface area contributed by atoms with E-state index in [1.165, 1.54) is 77.0 Å². The molecular formula is C25H39NO. The Morgan fingerprint density at radius 3 is 1.78 bits per heavy atom. The monoisotopic (exact) mass is 369 g/mol. The predicted molar refractivity (Wildman–Crippen MR) is 108 cm³/mol. The highest BCUT2D eigenvalue weighted by molar-refractivity contribution is 5.76. The molecule has 150 valence electrons. The van der Waals surface area contributed by atoms with Gasteiger partial charge in [-0.25, -0.2) is 0 Å². The zero-order valence-corrected chi connectivity index (χ0v) is 17.6. The Bertz CT molecular complexity index is 612. The average molecular weight is 370 g/mol. The van der Waals surface area contributed by atoms with Gasteiger partial charge in [0, 0.05) is 13.0 Å². The molecule has 27 heavy (non-hydrogen) atoms. The third kappa shape index (κ3) is 2.83. The van der Waals surface area contributed by atoms with Crippen LogP contribution in [0.25, 0.3) is 0 Å². The summed E-state index contributed by atoms with van der Waals surface area (Å²) in [6, 6.07) is 0. The second-order valence-electron chi connectivity index (χ2n) is 13.5. The molecule has 2 nitrogen and oxygen atoms in total. The van der Waals surface area contributed by atoms with Crippen LogP contribution in [0.1, 0.15) is 97.3 Å². The summed E-state index contributed by atoms with van der Waals surface area (Å²) >= 11 is 0. The number of hydrogen-bond acceptors (Lipinski definition) is 1. The Morgan fingerprint density at radius 2 is 1.26 bits per heavy atom. The van der Waals surface area contributed by atoms with Crippen molar-refractivity contribution >= 4 is 5.91 Å². The zero-order valence-electron chi connectivity index (χ0n) is 17.6. The van der Waals surface area contributed by atoms with Crippen molar-refractivity contribution in [1.82, 2.24) is 5.32 Å². The third-order valence-corrected chi connectivity index (χ3v) is 10.1. The molecule has 0 aromatic heterocycles. The number of carbonyl (C=O) groups is 1. The minimum absolute atomic E-state index is 0.328. The molecule has 0 unspecified atom stereocenters. The number of nitrogens with one attached hydrogen (secondary N) is 1. The largest absolute Gasteiger partial charge is 0.356 e. The number of carbonyl (C=O) groups excluding carboxylic acids is 1. The van der Waals surface area contributed by atoms with Gasteiger partial charge in [0.15, 0.2) is 0 Å². The van der Waals surface area contributed by atoms with Crippen molar-refractivity contribution in [2.24, 2.45) is 45.3 Å². The molecule has 8 fully saturated rings. The van der Waals surface area contributed by atoms with Gasteiger partial charge in [0.25, 0.3) is 0 Å². The average Bonchev–Trinajstić information content (AvgIpc) is 2.47. The van der Waals surface area contributed by atoms with Crippen LogP contribution in [0.4, 0.5) is 0 Å². The minimum Gasteiger partial charge on any atom is -0.356 e. The van der Waals surface area contributed by atoms with Gasteiger partial charge >= 0.3 is 0 Å². The van der Waals surface area contributed by atoms with Crippen LogP contribution in [0.15, 0.2) is 0 Å². The van der Waals surface area contributed by atoms with Gasteiger partial charge in [-0.15, -0.1) is 0 Å². The molecule has 0 aromatic rings. The van der Waals surface area contributed by atoms with Crippen molar-refractivity contribution in [3.05, 3.63) is 0 Å². The van der Waals surface area contributed by atoms with E-state index in [-0.39, 0.29) is 0 Å². The number of amides is 1. The maximum absolute atomic E-state index is 13.1. The maximum Gasteiger partial charge on any atom is 0.220 e. The summed E-state index contributed by atoms with van der Waals surface area (Å²) in [6.07, 6.45) is 17.8. The Labute approximate surface area is 165 Å². The van der Waals surface area contributed by atoms with E-state index in [0.29, 0.717) is 27.6 Å². The lowest BCUT2D eigenvalue weighted by atomic mass is 9.40. The summed E-state index contributed by atoms with van der Waals surface area (Å²) in [6.45, 7) is 6.04. The van der Waals surface area contributed by atoms with E-state index in [0.717, 1.165) is 36.6 Å². The van der Waals surface area contributed by atoms with E-state index in [2.05, 4.69) is 19.2 Å². The van der Waals surface area contributed by atoms with Gasteiger partial charge in [-0.1, -0.05) is 13.8 Å². The first kappa shape index (κ1) is 17.3. The van der Waals surface area contributed by atoms with Crippen LogP contribution < -0.4 is 5.32 Å². The summed E-state index contributed by atoms with van der Waals surface area (Å²) in [7, 11) is 0. The molecule has 8 rings (SSSR count). The second-order valence-corrected chi connectivity index (χ2v) is 13.5. The van der Waals surface area contributed by atoms with Gasteiger partial charge in [0.2, 0.25) is 5.91 Å². The topological polar surface area (TPSA) is 29.1 Å². The van der Waals surface area contributed by atoms with Gasteiger partial charge in [0.05, 0.1) is 0 Å². The third-order valence-electron chi connectivity index (χ3n) is 10.1. The standard InChI is InChI=1S/C25H39NO/c1-22-6-20-7-23(2,13-22)15-25(11-20,14-22)12-21(27)26-16-24-8-17-3-18(9-24)5-19(4-17)10-24/h17-20H,3-16H2,1-2H3,(H,26,27)/t17?,18?,19?,20?,22-,23-,24?,25?/m1/s1. The molecule has 1 N–H and O–H groups in total. The normalized spacial score (nSPS) is 57.3. The quantitative estimate of drug-likeness (QED) is 0.676. The molecule has 8 aliphatic rings. The molecule has 0 radical (unpaired) electrons. The SMILES string of the molecule is C[C@]12CC3CC(CC(=O)NCC45CC6CC(CC(C6)C4)C5)(C1)C[C@](C)(C3)C2. The van der Waals surface area contributed by atoms with Gasteiger partial charge in [-0.05, 0) is 122 Å². The fourth-order valence-electron chi connectivity index (χ4n) is 11.1. The highest BCUT2D eigenvalue weighted by Gasteiger charge is 2.60. The van der Waals surface area contributed by atoms with E-state index < -0.39 is 0 Å². The molecule has 1 amide bonds. The predicted octanol–water partition coefficient (Wildman–Crippen LogP) is 5.71. The Hall–Kier alpha value is -0.530. The van der Waals surface area contributed by atoms with Crippen LogP contribution in [0.5, 0.6) is 0 Å². The summed E-state index contributed by atoms with van der Waals surface area (Å²) in [5, 5.41) is 3.50. The van der Waals surface area contributed by atoms with Gasteiger partial charge in [-0.2, -0.15) is 0 Å². The van der Waals surface area contributed by atoms with Crippen LogP contribution >= 0.6 is 0 Å². The lowest BCUT2D eigenvalue weighted by Gasteiger charge is -2.65. The Morgan fingerprint density at radius 1 is 0.741 bits per heavy atom. The van der Waals surface area contributed by atoms with Gasteiger partial charge in [0.1, 0.15) is 0 Å². The zero-order chi connectivity index (χ0) is 18.5. The van der Waals surface area contributed by atoms with Gasteiger partial charge in [-0.3, -0.25) is 4.79 Å². The van der Waals surface area contributed by atoms with E-state index in [9.17, 15) is 4.79 Å². The fraction of sp³-hybridized carbons (Fsp3) is 0.960. The summed E-state index contributed by atoms with van der Waals surface area (Å²) in [4.78, 5) is 13.1. The summed E-state index contributed by atoms with van der Waals surface area (Å²) in [5.41, 5.74) is 1.85. The first-order valence-corrected chi connectivity index (χ1v) is 12.0. The molecule has 2 heteroatoms. The first-order chi connectivity index (χ1) is 12.7. The highest BCUT2D eigenvalue weighted by atomic mass is 16.1. The van der Waals surface area contributed by atoms with E-state index >= 15 is 0 Å². The summed E-state index contributed by atoms with van der Waals surface area (Å²) < 4.78 is 0. The molecular weight excluding hydrogens is 330 g/mol. The molecule has 8 aliphatic carbocycles. The van der Waals surface area contributed by atoms with E-state index in [1.54, 1.807) is 0 Å². The molecule has 8 bridgehead atoms. The van der Waals surface area contributed by atoms with Crippen molar-refractivity contribution in [2.45, 2.75) is 97.3 Å². The molecule has 8 saturated carbocycles. The number of hydrogen-bond donors (Lipinski definition) is 1. The van der Waals surface area contributed by atoms with Crippen LogP contribution in [0.3, 0.4) is 0 Å². The second kappa shape index (κ2) is 5.33. The van der Waals surface area contributed by atoms with Crippen LogP contribution in [0.2, 0.25) is 0 Å². The first-order valence-electron chi connectivity index (χ1n) is 12.0. The molecule has 0 spiro atoms. The minimum atomic E-state index is 0.328. The van der Waals surface area contributed by atoms with Crippen LogP contribution in [0, 0.1) is 45.3 Å². The fourth-order valence-corrected chi connectivity index (χ4v) is 11.1. The molecule has 0 aromatic carbocycles. The van der Waals surface area contributed by atoms with Crippen molar-refractivity contribution in [3.63, 3.8) is 0 Å². The Kier molecular flexibility index (Phi) is 3.43. The van der Waals surface area contributed by atoms with Gasteiger partial charge < -0.3 is 5.32 Å². The Balaban J connectivity index is 1.13. The smallest absolute Gasteiger partial charge is 0.220 e. The van der Waals surface area contributed by atoms with Crippen molar-refractivity contribution < 1.29 is 4.79 Å². The lowest BCUT2D eigenvalue weighted by molar-refractivity contribution is -0.156. The molecule has 0 aliphatic heterocycles. The van der Waals surface area contributed by atoms with E-state index in [1.807, 2.05) is 0 Å². The summed E-state index contributed by atoms with van der Waals surface area (Å²) in [5.74, 6) is 4.23. The van der Waals surface area contributed by atoms with Crippen LogP contribution in [-0.4, -0.2) is 12.5 Å². The van der Waals surface area contributed by atoms with Crippen LogP contribution in [-0.2, 0) is 4.79 Å². The molecule has 0 heterocycles. The van der Waals surface area contributed by atoms with Crippen molar-refractivity contribution in [3.8, 4) is 0 Å². The molecule has 0 saturated heterocycles. The molecule has 2 atom stereocenters. The van der Waals surface area contributed by atoms with Crippen molar-refractivity contribution in [2.75, 3.05) is 6.54 Å². The van der Waals surface area contributed by atoms with Crippen molar-refractivity contribution in [1.29, 1.82) is 0 Å². The maximum atomic E-state index is 13.1. The number of rotatable bonds is 4.